The average Bonchev–Trinajstić information content (AvgIpc) is 2.01. The molecule has 4 nitrogen and oxygen atoms in total. The Hall–Kier alpha value is -1.06. The molecule has 40 valence electrons. The summed E-state index contributed by atoms with van der Waals surface area (Å²) in [4.78, 5) is 20.5. The highest BCUT2D eigenvalue weighted by atomic mass is 16.4. The lowest BCUT2D eigenvalue weighted by atomic mass is 10.5. The Morgan fingerprint density at radius 1 is 1.57 bits per heavy atom. The first-order valence-corrected chi connectivity index (χ1v) is 1.32. The van der Waals surface area contributed by atoms with Gasteiger partial charge in [0.25, 0.3) is 2.86 Å². The predicted molar refractivity (Wildman–Crippen MR) is 19.9 cm³/mol. The largest absolute Gasteiger partial charge is 0.481 e. The summed E-state index contributed by atoms with van der Waals surface area (Å²) in [7, 11) is 0. The van der Waals surface area contributed by atoms with Gasteiger partial charge >= 0.3 is 11.9 Å². The Balaban J connectivity index is 4.44. The Bertz CT molecular complexity index is 160. The highest BCUT2D eigenvalue weighted by Crippen LogP contribution is 1.74. The topological polar surface area (TPSA) is 74.6 Å². The maximum absolute atomic E-state index is 10.3. The summed E-state index contributed by atoms with van der Waals surface area (Å²) in [5.74, 6) is -3.43. The fourth-order valence-electron chi connectivity index (χ4n) is 0.0833. The van der Waals surface area contributed by atoms with Crippen molar-refractivity contribution in [1.82, 2.24) is 0 Å². The van der Waals surface area contributed by atoms with Crippen LogP contribution >= 0.6 is 0 Å². The van der Waals surface area contributed by atoms with Gasteiger partial charge in [0, 0.05) is 0 Å². The minimum Gasteiger partial charge on any atom is -0.481 e. The quantitative estimate of drug-likeness (QED) is 0.469. The second-order valence-corrected chi connectivity index (χ2v) is 0.700. The van der Waals surface area contributed by atoms with Crippen LogP contribution in [-0.4, -0.2) is 22.2 Å². The van der Waals surface area contributed by atoms with Gasteiger partial charge < -0.3 is 10.2 Å². The van der Waals surface area contributed by atoms with E-state index in [0.29, 0.717) is 0 Å². The van der Waals surface area contributed by atoms with Crippen molar-refractivity contribution in [2.45, 2.75) is 6.37 Å². The lowest BCUT2D eigenvalue weighted by Gasteiger charge is -1.80. The Labute approximate surface area is 45.2 Å². The molecule has 0 amide bonds. The van der Waals surface area contributed by atoms with Crippen molar-refractivity contribution in [3.05, 3.63) is 0 Å². The number of carboxylic acid groups (broad SMARTS) is 2. The lowest BCUT2D eigenvalue weighted by molar-refractivity contribution is -0.147. The summed E-state index contributed by atoms with van der Waals surface area (Å²) >= 11 is 0. The summed E-state index contributed by atoms with van der Waals surface area (Å²) in [5.41, 5.74) is 0. The van der Waals surface area contributed by atoms with Gasteiger partial charge in [-0.1, -0.05) is 0 Å². The van der Waals surface area contributed by atoms with Crippen molar-refractivity contribution in [1.29, 1.82) is 2.86 Å². The molecule has 0 aliphatic heterocycles. The smallest absolute Gasteiger partial charge is 0.314 e. The molecule has 0 aromatic rings. The molecule has 0 radical (unpaired) electrons. The van der Waals surface area contributed by atoms with Crippen molar-refractivity contribution in [2.75, 3.05) is 0 Å². The number of rotatable bonds is 2. The van der Waals surface area contributed by atoms with E-state index < -0.39 is 18.3 Å². The van der Waals surface area contributed by atoms with E-state index in [2.05, 4.69) is 10.2 Å². The fraction of sp³-hybridized carbons (Fsp3) is 0.333. The summed E-state index contributed by atoms with van der Waals surface area (Å²) in [5, 5.41) is 6.38. The van der Waals surface area contributed by atoms with Crippen LogP contribution in [0, 0.1) is 0 Å². The SMILES string of the molecule is [2H]OC(=O)C([2H])([2H])C(=O)O[2H]. The van der Waals surface area contributed by atoms with E-state index in [-0.39, 0.29) is 0 Å². The predicted octanol–water partition coefficient (Wildman–Crippen LogP) is -0.454. The highest BCUT2D eigenvalue weighted by molar-refractivity contribution is 5.88. The molecule has 0 rings (SSSR count). The van der Waals surface area contributed by atoms with Crippen LogP contribution in [0.1, 0.15) is 9.11 Å². The highest BCUT2D eigenvalue weighted by Gasteiger charge is 2.01. The van der Waals surface area contributed by atoms with Gasteiger partial charge in [0.15, 0.2) is 0 Å². The third-order valence-corrected chi connectivity index (χ3v) is 0.204. The first-order chi connectivity index (χ1) is 4.96. The minimum absolute atomic E-state index is 1.71. The van der Waals surface area contributed by atoms with E-state index in [9.17, 15) is 9.59 Å². The molecule has 2 N–H and O–H groups in total. The molecule has 0 heterocycles. The van der Waals surface area contributed by atoms with Crippen molar-refractivity contribution < 1.29 is 22.5 Å². The van der Waals surface area contributed by atoms with Gasteiger partial charge in [-0.25, -0.2) is 0 Å². The molecule has 7 heavy (non-hydrogen) atoms. The second kappa shape index (κ2) is 2.17. The molecule has 0 aliphatic rings. The summed E-state index contributed by atoms with van der Waals surface area (Å²) < 4.78 is 25.2. The van der Waals surface area contributed by atoms with Crippen LogP contribution in [-0.2, 0) is 9.59 Å². The summed E-state index contributed by atoms with van der Waals surface area (Å²) in [6.45, 7) is 0. The van der Waals surface area contributed by atoms with Crippen LogP contribution in [0.4, 0.5) is 0 Å². The molecule has 0 fully saturated rings. The van der Waals surface area contributed by atoms with Gasteiger partial charge in [-0.15, -0.1) is 0 Å². The van der Waals surface area contributed by atoms with Crippen molar-refractivity contribution in [2.24, 2.45) is 0 Å². The number of hydrogen-bond acceptors (Lipinski definition) is 4. The Morgan fingerprint density at radius 2 is 2.00 bits per heavy atom. The van der Waals surface area contributed by atoms with E-state index in [1.54, 1.807) is 0 Å². The van der Waals surface area contributed by atoms with E-state index >= 15 is 0 Å². The number of carboxylic acids is 2. The van der Waals surface area contributed by atoms with E-state index in [1.165, 1.54) is 0 Å². The van der Waals surface area contributed by atoms with Gasteiger partial charge in [0.2, 0.25) is 0 Å². The molecule has 0 atom stereocenters. The van der Waals surface area contributed by atoms with Crippen LogP contribution in [0.5, 0.6) is 0 Å². The van der Waals surface area contributed by atoms with Crippen LogP contribution in [0.15, 0.2) is 0 Å². The molecular formula is C3H4O4. The lowest BCUT2D eigenvalue weighted by Crippen LogP contribution is -2.03. The molecule has 4 heteroatoms. The van der Waals surface area contributed by atoms with E-state index in [1.807, 2.05) is 0 Å². The average molecular weight is 108 g/mol. The normalized spacial score (nSPS) is 17.1. The van der Waals surface area contributed by atoms with Crippen LogP contribution in [0.2, 0.25) is 0 Å². The molecule has 0 aliphatic carbocycles. The van der Waals surface area contributed by atoms with Gasteiger partial charge in [-0.05, 0) is 0 Å². The molecule has 0 spiro atoms. The third kappa shape index (κ3) is 4.94. The van der Waals surface area contributed by atoms with E-state index in [0.717, 1.165) is 0 Å². The van der Waals surface area contributed by atoms with Gasteiger partial charge in [-0.2, -0.15) is 0 Å². The van der Waals surface area contributed by atoms with Crippen molar-refractivity contribution in [3.8, 4) is 0 Å². The molecular weight excluding hydrogens is 100 g/mol. The fourth-order valence-corrected chi connectivity index (χ4v) is 0.0833. The number of carbonyl (C=O) groups is 2. The van der Waals surface area contributed by atoms with Crippen LogP contribution < -0.4 is 0 Å². The summed E-state index contributed by atoms with van der Waals surface area (Å²) in [6.07, 6.45) is -3.08. The molecule has 0 saturated heterocycles. The molecule has 0 aromatic heterocycles. The third-order valence-electron chi connectivity index (χ3n) is 0.204. The zero-order chi connectivity index (χ0) is 9.07. The van der Waals surface area contributed by atoms with E-state index in [4.69, 9.17) is 5.60 Å². The minimum atomic E-state index is -3.08. The molecule has 0 bridgehead atoms. The molecule has 0 saturated carbocycles. The zero-order valence-electron chi connectivity index (χ0n) is 7.13. The first-order valence-electron chi connectivity index (χ1n) is 3.13. The van der Waals surface area contributed by atoms with Gasteiger partial charge in [0.1, 0.15) is 6.37 Å². The maximum Gasteiger partial charge on any atom is 0.314 e. The maximum atomic E-state index is 10.3. The van der Waals surface area contributed by atoms with Gasteiger partial charge in [0.05, 0.1) is 2.74 Å². The number of hydrogen-bond donors (Lipinski definition) is 2. The van der Waals surface area contributed by atoms with Gasteiger partial charge in [-0.3, -0.25) is 9.59 Å². The Kier molecular flexibility index (Phi) is 0.563. The van der Waals surface area contributed by atoms with Crippen LogP contribution in [0.25, 0.3) is 2.86 Å². The molecule has 0 unspecified atom stereocenters. The summed E-state index contributed by atoms with van der Waals surface area (Å²) in [6, 6.07) is 0. The number of aliphatic carboxylic acids is 2. The van der Waals surface area contributed by atoms with Crippen LogP contribution in [0.3, 0.4) is 0 Å². The second-order valence-electron chi connectivity index (χ2n) is 0.700. The standard InChI is InChI=1S/C3H4O4/c4-2(5)1-3(6)7/h1H2,(H,4,5)(H,6,7)/i1D2/hD2. The van der Waals surface area contributed by atoms with Crippen molar-refractivity contribution in [3.63, 3.8) is 0 Å². The van der Waals surface area contributed by atoms with Crippen molar-refractivity contribution >= 4 is 11.9 Å². The Morgan fingerprint density at radius 3 is 2.29 bits per heavy atom. The first kappa shape index (κ1) is 1.81. The molecule has 0 aromatic carbocycles. The zero-order valence-corrected chi connectivity index (χ0v) is 3.13. The monoisotopic (exact) mass is 108 g/mol.